The highest BCUT2D eigenvalue weighted by atomic mass is 35.5. The molecule has 184 valence electrons. The minimum atomic E-state index is -0.620. The van der Waals surface area contributed by atoms with Crippen LogP contribution in [0.1, 0.15) is 34.7 Å². The molecule has 0 aliphatic rings. The normalized spacial score (nSPS) is 11.7. The number of halogens is 1. The summed E-state index contributed by atoms with van der Waals surface area (Å²) in [5.41, 5.74) is 5.54. The van der Waals surface area contributed by atoms with Gasteiger partial charge in [0, 0.05) is 30.3 Å². The summed E-state index contributed by atoms with van der Waals surface area (Å²) in [4.78, 5) is 28.5. The molecule has 1 atom stereocenters. The Morgan fingerprint density at radius 2 is 1.60 bits per heavy atom. The van der Waals surface area contributed by atoms with Crippen molar-refractivity contribution < 1.29 is 9.59 Å². The molecule has 35 heavy (non-hydrogen) atoms. The molecule has 0 spiro atoms. The molecule has 0 unspecified atom stereocenters. The van der Waals surface area contributed by atoms with E-state index in [0.717, 1.165) is 16.9 Å². The van der Waals surface area contributed by atoms with Gasteiger partial charge in [-0.25, -0.2) is 0 Å². The lowest BCUT2D eigenvalue weighted by Crippen LogP contribution is -2.51. The van der Waals surface area contributed by atoms with E-state index in [1.165, 1.54) is 16.7 Å². The molecule has 6 heteroatoms. The van der Waals surface area contributed by atoms with Crippen LogP contribution in [0.25, 0.3) is 0 Å². The Morgan fingerprint density at radius 3 is 2.26 bits per heavy atom. The summed E-state index contributed by atoms with van der Waals surface area (Å²) < 4.78 is 0. The second kappa shape index (κ2) is 13.4. The molecule has 2 amide bonds. The second-order valence-corrected chi connectivity index (χ2v) is 10.2. The number of hydrogen-bond acceptors (Lipinski definition) is 3. The van der Waals surface area contributed by atoms with E-state index in [1.807, 2.05) is 61.5 Å². The van der Waals surface area contributed by atoms with Crippen molar-refractivity contribution in [1.29, 1.82) is 0 Å². The number of hydrogen-bond donors (Lipinski definition) is 1. The van der Waals surface area contributed by atoms with Gasteiger partial charge in [0.15, 0.2) is 0 Å². The number of benzene rings is 3. The van der Waals surface area contributed by atoms with Gasteiger partial charge in [0.05, 0.1) is 5.75 Å². The van der Waals surface area contributed by atoms with Crippen LogP contribution in [0.3, 0.4) is 0 Å². The molecule has 0 aliphatic heterocycles. The van der Waals surface area contributed by atoms with Gasteiger partial charge in [0.1, 0.15) is 6.04 Å². The molecule has 0 heterocycles. The van der Waals surface area contributed by atoms with Crippen molar-refractivity contribution in [1.82, 2.24) is 10.2 Å². The summed E-state index contributed by atoms with van der Waals surface area (Å²) in [5.74, 6) is 0.819. The highest BCUT2D eigenvalue weighted by Crippen LogP contribution is 2.21. The summed E-state index contributed by atoms with van der Waals surface area (Å²) in [7, 11) is 0. The maximum Gasteiger partial charge on any atom is 0.243 e. The van der Waals surface area contributed by atoms with Crippen molar-refractivity contribution in [3.63, 3.8) is 0 Å². The minimum Gasteiger partial charge on any atom is -0.355 e. The van der Waals surface area contributed by atoms with Gasteiger partial charge >= 0.3 is 0 Å². The van der Waals surface area contributed by atoms with Gasteiger partial charge < -0.3 is 10.2 Å². The summed E-state index contributed by atoms with van der Waals surface area (Å²) in [6.45, 7) is 6.88. The number of aryl methyl sites for hydroxylation is 2. The summed E-state index contributed by atoms with van der Waals surface area (Å²) in [6.07, 6.45) is 0.445. The summed E-state index contributed by atoms with van der Waals surface area (Å²) in [5, 5.41) is 3.54. The lowest BCUT2D eigenvalue weighted by atomic mass is 10.0. The topological polar surface area (TPSA) is 49.4 Å². The third kappa shape index (κ3) is 8.44. The number of carbonyl (C=O) groups excluding carboxylic acids is 2. The molecule has 0 bridgehead atoms. The molecule has 0 radical (unpaired) electrons. The SMILES string of the molecule is CCNC(=O)[C@@H](Cc1ccccc1)N(Cc1cccc(Cl)c1)C(=O)CSCc1cc(C)cc(C)c1. The maximum absolute atomic E-state index is 13.6. The van der Waals surface area contributed by atoms with Crippen LogP contribution in [-0.4, -0.2) is 35.1 Å². The Bertz CT molecular complexity index is 1120. The van der Waals surface area contributed by atoms with Crippen LogP contribution in [0.5, 0.6) is 0 Å². The van der Waals surface area contributed by atoms with Gasteiger partial charge in [-0.2, -0.15) is 0 Å². The number of thioether (sulfide) groups is 1. The summed E-state index contributed by atoms with van der Waals surface area (Å²) in [6, 6.07) is 23.1. The van der Waals surface area contributed by atoms with Gasteiger partial charge in [-0.1, -0.05) is 83.4 Å². The molecule has 0 saturated heterocycles. The zero-order chi connectivity index (χ0) is 25.2. The highest BCUT2D eigenvalue weighted by molar-refractivity contribution is 7.99. The Kier molecular flexibility index (Phi) is 10.2. The summed E-state index contributed by atoms with van der Waals surface area (Å²) >= 11 is 7.79. The molecule has 0 fully saturated rings. The standard InChI is InChI=1S/C29H33ClN2O2S/c1-4-31-29(34)27(17-23-9-6-5-7-10-23)32(18-24-11-8-12-26(30)16-24)28(33)20-35-19-25-14-21(2)13-22(3)15-25/h5-16,27H,4,17-20H2,1-3H3,(H,31,34)/t27-/m1/s1. The second-order valence-electron chi connectivity index (χ2n) is 8.74. The average Bonchev–Trinajstić information content (AvgIpc) is 2.81. The number of rotatable bonds is 11. The molecule has 3 rings (SSSR count). The zero-order valence-electron chi connectivity index (χ0n) is 20.6. The minimum absolute atomic E-state index is 0.0634. The molecular formula is C29H33ClN2O2S. The Morgan fingerprint density at radius 1 is 0.914 bits per heavy atom. The number of nitrogens with one attached hydrogen (secondary N) is 1. The Labute approximate surface area is 218 Å². The van der Waals surface area contributed by atoms with Crippen molar-refractivity contribution in [2.45, 2.75) is 45.5 Å². The van der Waals surface area contributed by atoms with Crippen LogP contribution in [-0.2, 0) is 28.3 Å². The lowest BCUT2D eigenvalue weighted by molar-refractivity contribution is -0.139. The molecule has 0 saturated carbocycles. The smallest absolute Gasteiger partial charge is 0.243 e. The van der Waals surface area contributed by atoms with Crippen LogP contribution in [0, 0.1) is 13.8 Å². The molecule has 3 aromatic carbocycles. The maximum atomic E-state index is 13.6. The number of likely N-dealkylation sites (N-methyl/N-ethyl adjacent to an activating group) is 1. The Hall–Kier alpha value is -2.76. The van der Waals surface area contributed by atoms with E-state index in [1.54, 1.807) is 16.7 Å². The fraction of sp³-hybridized carbons (Fsp3) is 0.310. The van der Waals surface area contributed by atoms with E-state index in [2.05, 4.69) is 37.4 Å². The molecule has 1 N–H and O–H groups in total. The van der Waals surface area contributed by atoms with Gasteiger partial charge in [-0.15, -0.1) is 11.8 Å². The van der Waals surface area contributed by atoms with Crippen LogP contribution in [0.2, 0.25) is 5.02 Å². The average molecular weight is 509 g/mol. The van der Waals surface area contributed by atoms with Crippen LogP contribution in [0.4, 0.5) is 0 Å². The fourth-order valence-electron chi connectivity index (χ4n) is 4.17. The van der Waals surface area contributed by atoms with Crippen molar-refractivity contribution in [2.24, 2.45) is 0 Å². The molecule has 3 aromatic rings. The van der Waals surface area contributed by atoms with E-state index in [-0.39, 0.29) is 17.6 Å². The number of nitrogens with zero attached hydrogens (tertiary/aromatic N) is 1. The van der Waals surface area contributed by atoms with Crippen molar-refractivity contribution in [2.75, 3.05) is 12.3 Å². The third-order valence-corrected chi connectivity index (χ3v) is 6.86. The first-order chi connectivity index (χ1) is 16.9. The molecule has 0 aromatic heterocycles. The predicted molar refractivity (Wildman–Crippen MR) is 147 cm³/mol. The molecule has 4 nitrogen and oxygen atoms in total. The van der Waals surface area contributed by atoms with Crippen molar-refractivity contribution in [3.8, 4) is 0 Å². The van der Waals surface area contributed by atoms with E-state index in [9.17, 15) is 9.59 Å². The number of carbonyl (C=O) groups is 2. The van der Waals surface area contributed by atoms with Crippen molar-refractivity contribution in [3.05, 3.63) is 106 Å². The van der Waals surface area contributed by atoms with Gasteiger partial charge in [0.25, 0.3) is 0 Å². The fourth-order valence-corrected chi connectivity index (χ4v) is 5.23. The van der Waals surface area contributed by atoms with Crippen molar-refractivity contribution >= 4 is 35.2 Å². The van der Waals surface area contributed by atoms with Crippen LogP contribution >= 0.6 is 23.4 Å². The van der Waals surface area contributed by atoms with Gasteiger partial charge in [-0.3, -0.25) is 9.59 Å². The third-order valence-electron chi connectivity index (χ3n) is 5.64. The quantitative estimate of drug-likeness (QED) is 0.347. The first-order valence-corrected chi connectivity index (χ1v) is 13.4. The van der Waals surface area contributed by atoms with E-state index >= 15 is 0 Å². The van der Waals surface area contributed by atoms with E-state index < -0.39 is 6.04 Å². The number of amides is 2. The Balaban J connectivity index is 1.83. The zero-order valence-corrected chi connectivity index (χ0v) is 22.2. The first kappa shape index (κ1) is 26.8. The largest absolute Gasteiger partial charge is 0.355 e. The highest BCUT2D eigenvalue weighted by Gasteiger charge is 2.30. The van der Waals surface area contributed by atoms with E-state index in [4.69, 9.17) is 11.6 Å². The van der Waals surface area contributed by atoms with E-state index in [0.29, 0.717) is 24.5 Å². The molecular weight excluding hydrogens is 476 g/mol. The van der Waals surface area contributed by atoms with Crippen LogP contribution < -0.4 is 5.32 Å². The van der Waals surface area contributed by atoms with Gasteiger partial charge in [-0.05, 0) is 49.6 Å². The first-order valence-electron chi connectivity index (χ1n) is 11.9. The van der Waals surface area contributed by atoms with Gasteiger partial charge in [0.2, 0.25) is 11.8 Å². The lowest BCUT2D eigenvalue weighted by Gasteiger charge is -2.31. The molecule has 0 aliphatic carbocycles. The monoisotopic (exact) mass is 508 g/mol. The van der Waals surface area contributed by atoms with Crippen LogP contribution in [0.15, 0.2) is 72.8 Å². The predicted octanol–water partition coefficient (Wildman–Crippen LogP) is 5.97.